The van der Waals surface area contributed by atoms with Gasteiger partial charge >= 0.3 is 0 Å². The van der Waals surface area contributed by atoms with Gasteiger partial charge in [0.25, 0.3) is 0 Å². The molecular formula is C22H32N4O3S. The Morgan fingerprint density at radius 1 is 1.10 bits per heavy atom. The molecule has 1 saturated heterocycles. The number of benzene rings is 1. The highest BCUT2D eigenvalue weighted by Crippen LogP contribution is 2.29. The highest BCUT2D eigenvalue weighted by Gasteiger charge is 2.32. The van der Waals surface area contributed by atoms with Gasteiger partial charge in [0, 0.05) is 18.8 Å². The van der Waals surface area contributed by atoms with Crippen molar-refractivity contribution in [2.45, 2.75) is 70.7 Å². The maximum atomic E-state index is 13.1. The van der Waals surface area contributed by atoms with Gasteiger partial charge < -0.3 is 5.32 Å². The summed E-state index contributed by atoms with van der Waals surface area (Å²) >= 11 is 0. The van der Waals surface area contributed by atoms with Crippen LogP contribution < -0.4 is 5.32 Å². The van der Waals surface area contributed by atoms with Crippen LogP contribution in [0.4, 0.5) is 5.69 Å². The van der Waals surface area contributed by atoms with Gasteiger partial charge in [0.05, 0.1) is 11.4 Å². The number of nitrogens with zero attached hydrogens (tertiary/aromatic N) is 3. The highest BCUT2D eigenvalue weighted by atomic mass is 32.2. The number of aromatic nitrogens is 2. The molecule has 1 fully saturated rings. The topological polar surface area (TPSA) is 84.3 Å². The standard InChI is InChI=1S/C22H32N4O3S/c1-16-21(30(28,29)25-13-9-6-10-14-25)17(2)26(24-16)15-20(27)23-19-12-8-7-11-18(19)22(3,4)5/h7-8,11-12H,6,9-10,13-15H2,1-5H3,(H,23,27). The number of para-hydroxylation sites is 1. The normalized spacial score (nSPS) is 15.9. The predicted octanol–water partition coefficient (Wildman–Crippen LogP) is 3.61. The van der Waals surface area contributed by atoms with E-state index in [1.54, 1.807) is 13.8 Å². The molecule has 164 valence electrons. The molecule has 1 amide bonds. The van der Waals surface area contributed by atoms with E-state index in [2.05, 4.69) is 31.2 Å². The molecule has 1 aliphatic heterocycles. The van der Waals surface area contributed by atoms with Crippen molar-refractivity contribution in [1.29, 1.82) is 0 Å². The molecule has 1 aromatic heterocycles. The lowest BCUT2D eigenvalue weighted by Crippen LogP contribution is -2.36. The van der Waals surface area contributed by atoms with Gasteiger partial charge in [-0.25, -0.2) is 8.42 Å². The van der Waals surface area contributed by atoms with E-state index < -0.39 is 10.0 Å². The van der Waals surface area contributed by atoms with Crippen LogP contribution >= 0.6 is 0 Å². The Bertz CT molecular complexity index is 1030. The molecular weight excluding hydrogens is 400 g/mol. The van der Waals surface area contributed by atoms with E-state index in [0.29, 0.717) is 24.5 Å². The van der Waals surface area contributed by atoms with Gasteiger partial charge in [-0.15, -0.1) is 0 Å². The van der Waals surface area contributed by atoms with Crippen LogP contribution in [-0.2, 0) is 26.8 Å². The third-order valence-corrected chi connectivity index (χ3v) is 7.68. The average molecular weight is 433 g/mol. The Labute approximate surface area is 179 Å². The molecule has 0 unspecified atom stereocenters. The van der Waals surface area contributed by atoms with Crippen molar-refractivity contribution in [1.82, 2.24) is 14.1 Å². The van der Waals surface area contributed by atoms with Gasteiger partial charge in [-0.3, -0.25) is 9.48 Å². The number of aryl methyl sites for hydroxylation is 1. The number of piperidine rings is 1. The van der Waals surface area contributed by atoms with Gasteiger partial charge in [-0.05, 0) is 43.7 Å². The quantitative estimate of drug-likeness (QED) is 0.782. The number of hydrogen-bond acceptors (Lipinski definition) is 4. The summed E-state index contributed by atoms with van der Waals surface area (Å²) in [6.07, 6.45) is 2.81. The molecule has 0 bridgehead atoms. The van der Waals surface area contributed by atoms with Crippen LogP contribution in [0, 0.1) is 13.8 Å². The number of sulfonamides is 1. The molecule has 8 heteroatoms. The Morgan fingerprint density at radius 3 is 2.37 bits per heavy atom. The maximum absolute atomic E-state index is 13.1. The molecule has 1 aromatic carbocycles. The Morgan fingerprint density at radius 2 is 1.73 bits per heavy atom. The Kier molecular flexibility index (Phi) is 6.38. The van der Waals surface area contributed by atoms with Crippen molar-refractivity contribution in [3.05, 3.63) is 41.2 Å². The van der Waals surface area contributed by atoms with Crippen molar-refractivity contribution in [3.8, 4) is 0 Å². The third kappa shape index (κ3) is 4.59. The first kappa shape index (κ1) is 22.5. The molecule has 0 spiro atoms. The second-order valence-corrected chi connectivity index (χ2v) is 10.8. The summed E-state index contributed by atoms with van der Waals surface area (Å²) in [7, 11) is -3.61. The zero-order valence-corrected chi connectivity index (χ0v) is 19.3. The minimum absolute atomic E-state index is 0.0410. The summed E-state index contributed by atoms with van der Waals surface area (Å²) in [5.74, 6) is -0.237. The highest BCUT2D eigenvalue weighted by molar-refractivity contribution is 7.89. The molecule has 7 nitrogen and oxygen atoms in total. The minimum atomic E-state index is -3.61. The van der Waals surface area contributed by atoms with Crippen LogP contribution in [-0.4, -0.2) is 41.5 Å². The molecule has 2 heterocycles. The summed E-state index contributed by atoms with van der Waals surface area (Å²) in [6, 6.07) is 7.72. The van der Waals surface area contributed by atoms with Crippen LogP contribution in [0.15, 0.2) is 29.2 Å². The molecule has 1 aliphatic rings. The SMILES string of the molecule is Cc1nn(CC(=O)Nc2ccccc2C(C)(C)C)c(C)c1S(=O)(=O)N1CCCCC1. The lowest BCUT2D eigenvalue weighted by Gasteiger charge is -2.26. The number of rotatable bonds is 5. The first-order chi connectivity index (χ1) is 14.0. The molecule has 2 aromatic rings. The number of carbonyl (C=O) groups excluding carboxylic acids is 1. The Balaban J connectivity index is 1.82. The van der Waals surface area contributed by atoms with Gasteiger partial charge in [0.1, 0.15) is 11.4 Å². The van der Waals surface area contributed by atoms with Crippen LogP contribution in [0.2, 0.25) is 0 Å². The Hall–Kier alpha value is -2.19. The van der Waals surface area contributed by atoms with Crippen molar-refractivity contribution in [3.63, 3.8) is 0 Å². The van der Waals surface area contributed by atoms with E-state index in [9.17, 15) is 13.2 Å². The van der Waals surface area contributed by atoms with E-state index in [-0.39, 0.29) is 22.8 Å². The fraction of sp³-hybridized carbons (Fsp3) is 0.545. The number of amides is 1. The number of hydrogen-bond donors (Lipinski definition) is 1. The van der Waals surface area contributed by atoms with Gasteiger partial charge in [-0.1, -0.05) is 45.4 Å². The molecule has 1 N–H and O–H groups in total. The summed E-state index contributed by atoms with van der Waals surface area (Å²) < 4.78 is 29.3. The first-order valence-electron chi connectivity index (χ1n) is 10.5. The van der Waals surface area contributed by atoms with Crippen LogP contribution in [0.5, 0.6) is 0 Å². The van der Waals surface area contributed by atoms with Crippen LogP contribution in [0.1, 0.15) is 57.0 Å². The second kappa shape index (κ2) is 8.51. The zero-order chi connectivity index (χ0) is 22.1. The molecule has 0 aliphatic carbocycles. The second-order valence-electron chi connectivity index (χ2n) is 8.97. The number of carbonyl (C=O) groups is 1. The lowest BCUT2D eigenvalue weighted by molar-refractivity contribution is -0.116. The fourth-order valence-corrected chi connectivity index (χ4v) is 5.90. The zero-order valence-electron chi connectivity index (χ0n) is 18.5. The number of nitrogens with one attached hydrogen (secondary N) is 1. The van der Waals surface area contributed by atoms with Gasteiger partial charge in [0.2, 0.25) is 15.9 Å². The van der Waals surface area contributed by atoms with E-state index in [1.807, 2.05) is 24.3 Å². The molecule has 0 atom stereocenters. The smallest absolute Gasteiger partial charge is 0.246 e. The summed E-state index contributed by atoms with van der Waals surface area (Å²) in [6.45, 7) is 10.7. The molecule has 30 heavy (non-hydrogen) atoms. The van der Waals surface area contributed by atoms with E-state index >= 15 is 0 Å². The van der Waals surface area contributed by atoms with Crippen LogP contribution in [0.3, 0.4) is 0 Å². The first-order valence-corrected chi connectivity index (χ1v) is 11.9. The van der Waals surface area contributed by atoms with E-state index in [1.165, 1.54) is 8.99 Å². The van der Waals surface area contributed by atoms with E-state index in [0.717, 1.165) is 30.5 Å². The molecule has 0 radical (unpaired) electrons. The average Bonchev–Trinajstić information content (AvgIpc) is 2.95. The van der Waals surface area contributed by atoms with Crippen molar-refractivity contribution >= 4 is 21.6 Å². The molecule has 0 saturated carbocycles. The summed E-state index contributed by atoms with van der Waals surface area (Å²) in [5, 5.41) is 7.34. The largest absolute Gasteiger partial charge is 0.324 e. The van der Waals surface area contributed by atoms with Gasteiger partial charge in [-0.2, -0.15) is 9.40 Å². The molecule has 3 rings (SSSR count). The van der Waals surface area contributed by atoms with Crippen molar-refractivity contribution in [2.24, 2.45) is 0 Å². The summed E-state index contributed by atoms with van der Waals surface area (Å²) in [5.41, 5.74) is 2.62. The van der Waals surface area contributed by atoms with Crippen LogP contribution in [0.25, 0.3) is 0 Å². The van der Waals surface area contributed by atoms with Crippen molar-refractivity contribution < 1.29 is 13.2 Å². The monoisotopic (exact) mass is 432 g/mol. The van der Waals surface area contributed by atoms with Crippen molar-refractivity contribution in [2.75, 3.05) is 18.4 Å². The number of anilines is 1. The third-order valence-electron chi connectivity index (χ3n) is 5.53. The minimum Gasteiger partial charge on any atom is -0.324 e. The van der Waals surface area contributed by atoms with Gasteiger partial charge in [0.15, 0.2) is 0 Å². The maximum Gasteiger partial charge on any atom is 0.246 e. The predicted molar refractivity (Wildman–Crippen MR) is 118 cm³/mol. The lowest BCUT2D eigenvalue weighted by atomic mass is 9.86. The summed E-state index contributed by atoms with van der Waals surface area (Å²) in [4.78, 5) is 13.0. The fourth-order valence-electron chi connectivity index (χ4n) is 4.01. The van der Waals surface area contributed by atoms with E-state index in [4.69, 9.17) is 0 Å².